The van der Waals surface area contributed by atoms with Crippen LogP contribution in [0.4, 0.5) is 20.1 Å². The summed E-state index contributed by atoms with van der Waals surface area (Å²) in [5, 5.41) is 1.17. The van der Waals surface area contributed by atoms with Crippen LogP contribution in [-0.4, -0.2) is 70.1 Å². The van der Waals surface area contributed by atoms with Gasteiger partial charge in [-0.2, -0.15) is 0 Å². The quantitative estimate of drug-likeness (QED) is 0.166. The van der Waals surface area contributed by atoms with Gasteiger partial charge in [0.2, 0.25) is 5.76 Å². The summed E-state index contributed by atoms with van der Waals surface area (Å²) in [6.07, 6.45) is -2.87. The normalized spacial score (nSPS) is 16.1. The first-order valence-corrected chi connectivity index (χ1v) is 14.1. The molecule has 43 heavy (non-hydrogen) atoms. The van der Waals surface area contributed by atoms with E-state index in [1.807, 2.05) is 0 Å². The smallest absolute Gasteiger partial charge is 0.449 e. The number of aromatic nitrogens is 1. The Balaban J connectivity index is 1.92. The van der Waals surface area contributed by atoms with Gasteiger partial charge in [0, 0.05) is 5.39 Å². The van der Waals surface area contributed by atoms with Crippen molar-refractivity contribution in [2.24, 2.45) is 0 Å². The van der Waals surface area contributed by atoms with Crippen LogP contribution in [-0.2, 0) is 18.9 Å². The van der Waals surface area contributed by atoms with Gasteiger partial charge in [0.05, 0.1) is 23.5 Å². The van der Waals surface area contributed by atoms with Gasteiger partial charge in [-0.15, -0.1) is 0 Å². The minimum absolute atomic E-state index is 0.0669. The lowest BCUT2D eigenvalue weighted by molar-refractivity contribution is -0.0221. The SMILES string of the molecule is CC(C)(C)OC(=O)OC[C@@H]1CN(C(=O)OC(C)(C)C)c2c(oc3ccc4nc(Cl)ccc4c23)C(=O)N1C(=O)OC(C)(C)C. The molecular formula is C30H36ClN3O9. The van der Waals surface area contributed by atoms with Gasteiger partial charge >= 0.3 is 24.2 Å². The van der Waals surface area contributed by atoms with E-state index in [2.05, 4.69) is 4.98 Å². The van der Waals surface area contributed by atoms with E-state index < -0.39 is 53.7 Å². The predicted octanol–water partition coefficient (Wildman–Crippen LogP) is 7.09. The Morgan fingerprint density at radius 3 is 2.12 bits per heavy atom. The zero-order valence-corrected chi connectivity index (χ0v) is 26.5. The topological polar surface area (TPSA) is 138 Å². The maximum atomic E-state index is 14.2. The minimum Gasteiger partial charge on any atom is -0.449 e. The van der Waals surface area contributed by atoms with Crippen molar-refractivity contribution in [3.63, 3.8) is 0 Å². The number of pyridine rings is 1. The lowest BCUT2D eigenvalue weighted by Gasteiger charge is -2.32. The largest absolute Gasteiger partial charge is 0.508 e. The third kappa shape index (κ3) is 7.30. The molecule has 0 fully saturated rings. The highest BCUT2D eigenvalue weighted by Gasteiger charge is 2.46. The number of nitrogens with zero attached hydrogens (tertiary/aromatic N) is 3. The number of furan rings is 1. The van der Waals surface area contributed by atoms with Crippen LogP contribution in [0.5, 0.6) is 0 Å². The number of hydrogen-bond acceptors (Lipinski definition) is 10. The Hall–Kier alpha value is -4.06. The van der Waals surface area contributed by atoms with E-state index in [-0.39, 0.29) is 28.7 Å². The van der Waals surface area contributed by atoms with Gasteiger partial charge in [0.25, 0.3) is 0 Å². The number of ether oxygens (including phenoxy) is 4. The summed E-state index contributed by atoms with van der Waals surface area (Å²) in [5.74, 6) is -1.21. The Labute approximate surface area is 254 Å². The number of carbonyl (C=O) groups is 4. The third-order valence-electron chi connectivity index (χ3n) is 5.89. The number of carbonyl (C=O) groups excluding carboxylic acids is 4. The number of rotatable bonds is 2. The van der Waals surface area contributed by atoms with E-state index in [0.717, 1.165) is 4.90 Å². The highest BCUT2D eigenvalue weighted by Crippen LogP contribution is 2.42. The summed E-state index contributed by atoms with van der Waals surface area (Å²) in [6.45, 7) is 14.2. The summed E-state index contributed by atoms with van der Waals surface area (Å²) >= 11 is 6.13. The van der Waals surface area contributed by atoms with Crippen LogP contribution in [0.15, 0.2) is 28.7 Å². The zero-order chi connectivity index (χ0) is 32.1. The monoisotopic (exact) mass is 617 g/mol. The van der Waals surface area contributed by atoms with Gasteiger partial charge in [-0.05, 0) is 86.6 Å². The molecule has 1 aromatic carbocycles. The van der Waals surface area contributed by atoms with Gasteiger partial charge in [-0.3, -0.25) is 9.69 Å². The minimum atomic E-state index is -1.22. The highest BCUT2D eigenvalue weighted by atomic mass is 35.5. The molecule has 3 amide bonds. The van der Waals surface area contributed by atoms with Crippen molar-refractivity contribution < 1.29 is 42.5 Å². The number of anilines is 1. The first-order chi connectivity index (χ1) is 19.7. The maximum absolute atomic E-state index is 14.2. The maximum Gasteiger partial charge on any atom is 0.508 e. The molecule has 0 unspecified atom stereocenters. The molecule has 13 heteroatoms. The van der Waals surface area contributed by atoms with Crippen molar-refractivity contribution in [2.45, 2.75) is 85.2 Å². The van der Waals surface area contributed by atoms with Crippen molar-refractivity contribution in [3.05, 3.63) is 35.2 Å². The Morgan fingerprint density at radius 1 is 0.907 bits per heavy atom. The summed E-state index contributed by atoms with van der Waals surface area (Å²) in [6, 6.07) is 5.31. The summed E-state index contributed by atoms with van der Waals surface area (Å²) in [4.78, 5) is 60.4. The van der Waals surface area contributed by atoms with Gasteiger partial charge in [-0.1, -0.05) is 11.6 Å². The van der Waals surface area contributed by atoms with Crippen LogP contribution >= 0.6 is 11.6 Å². The second-order valence-electron chi connectivity index (χ2n) is 13.1. The third-order valence-corrected chi connectivity index (χ3v) is 6.10. The molecule has 1 atom stereocenters. The van der Waals surface area contributed by atoms with Crippen molar-refractivity contribution in [3.8, 4) is 0 Å². The Bertz CT molecular complexity index is 1590. The van der Waals surface area contributed by atoms with E-state index >= 15 is 0 Å². The molecule has 0 N–H and O–H groups in total. The number of amides is 3. The standard InChI is InChI=1S/C30H36ClN3O9/c1-28(2,3)41-25(36)33-14-16(15-39-27(38)43-30(7,8)9)34(26(37)42-29(4,5)6)24(35)23-22(33)21-17-10-13-20(31)32-18(17)11-12-19(21)40-23/h10-13,16H,14-15H2,1-9H3/t16-/m0/s1. The summed E-state index contributed by atoms with van der Waals surface area (Å²) in [5.41, 5.74) is -1.95. The molecule has 0 radical (unpaired) electrons. The number of benzene rings is 1. The van der Waals surface area contributed by atoms with Crippen LogP contribution in [0.25, 0.3) is 21.9 Å². The number of imide groups is 1. The molecule has 0 bridgehead atoms. The average Bonchev–Trinajstić information content (AvgIpc) is 3.16. The van der Waals surface area contributed by atoms with Crippen molar-refractivity contribution in [2.75, 3.05) is 18.1 Å². The molecule has 232 valence electrons. The van der Waals surface area contributed by atoms with E-state index in [1.54, 1.807) is 86.6 Å². The lowest BCUT2D eigenvalue weighted by atomic mass is 10.1. The van der Waals surface area contributed by atoms with Crippen molar-refractivity contribution in [1.29, 1.82) is 0 Å². The molecule has 2 aromatic heterocycles. The van der Waals surface area contributed by atoms with Crippen molar-refractivity contribution in [1.82, 2.24) is 9.88 Å². The number of halogens is 1. The molecule has 0 saturated carbocycles. The van der Waals surface area contributed by atoms with Crippen LogP contribution in [0.3, 0.4) is 0 Å². The first-order valence-electron chi connectivity index (χ1n) is 13.7. The molecule has 0 spiro atoms. The van der Waals surface area contributed by atoms with Gasteiger partial charge in [0.1, 0.15) is 39.8 Å². The van der Waals surface area contributed by atoms with E-state index in [9.17, 15) is 19.2 Å². The average molecular weight is 618 g/mol. The first kappa shape index (κ1) is 31.9. The van der Waals surface area contributed by atoms with Crippen molar-refractivity contribution >= 4 is 63.4 Å². The molecule has 12 nitrogen and oxygen atoms in total. The highest BCUT2D eigenvalue weighted by molar-refractivity contribution is 6.30. The van der Waals surface area contributed by atoms with Gasteiger partial charge in [-0.25, -0.2) is 24.3 Å². The molecule has 1 aliphatic heterocycles. The molecular weight excluding hydrogens is 582 g/mol. The van der Waals surface area contributed by atoms with Crippen LogP contribution < -0.4 is 4.90 Å². The number of fused-ring (bicyclic) bond motifs is 5. The molecule has 4 rings (SSSR count). The Kier molecular flexibility index (Phi) is 8.31. The summed E-state index contributed by atoms with van der Waals surface area (Å²) in [7, 11) is 0. The molecule has 3 aromatic rings. The van der Waals surface area contributed by atoms with Gasteiger partial charge < -0.3 is 23.4 Å². The van der Waals surface area contributed by atoms with E-state index in [1.165, 1.54) is 4.90 Å². The van der Waals surface area contributed by atoms with Crippen LogP contribution in [0, 0.1) is 0 Å². The predicted molar refractivity (Wildman–Crippen MR) is 158 cm³/mol. The fourth-order valence-electron chi connectivity index (χ4n) is 4.42. The molecule has 3 heterocycles. The second-order valence-corrected chi connectivity index (χ2v) is 13.5. The Morgan fingerprint density at radius 2 is 1.51 bits per heavy atom. The second kappa shape index (κ2) is 11.2. The van der Waals surface area contributed by atoms with E-state index in [0.29, 0.717) is 16.3 Å². The van der Waals surface area contributed by atoms with Gasteiger partial charge in [0.15, 0.2) is 0 Å². The number of hydrogen-bond donors (Lipinski definition) is 0. The lowest BCUT2D eigenvalue weighted by Crippen LogP contribution is -2.53. The molecule has 0 aliphatic carbocycles. The van der Waals surface area contributed by atoms with Crippen LogP contribution in [0.2, 0.25) is 5.15 Å². The molecule has 1 aliphatic rings. The fraction of sp³-hybridized carbons (Fsp3) is 0.500. The summed E-state index contributed by atoms with van der Waals surface area (Å²) < 4.78 is 27.9. The fourth-order valence-corrected chi connectivity index (χ4v) is 4.57. The molecule has 0 saturated heterocycles. The van der Waals surface area contributed by atoms with E-state index in [4.69, 9.17) is 35.0 Å². The van der Waals surface area contributed by atoms with Crippen LogP contribution in [0.1, 0.15) is 72.9 Å². The zero-order valence-electron chi connectivity index (χ0n) is 25.7.